The van der Waals surface area contributed by atoms with E-state index in [0.29, 0.717) is 24.2 Å². The predicted molar refractivity (Wildman–Crippen MR) is 53.3 cm³/mol. The van der Waals surface area contributed by atoms with Gasteiger partial charge in [0.25, 0.3) is 0 Å². The number of aryl methyl sites for hydroxylation is 1. The zero-order valence-electron chi connectivity index (χ0n) is 8.97. The van der Waals surface area contributed by atoms with Gasteiger partial charge in [0.2, 0.25) is 11.8 Å². The summed E-state index contributed by atoms with van der Waals surface area (Å²) in [6.45, 7) is 3.84. The van der Waals surface area contributed by atoms with Crippen LogP contribution in [-0.2, 0) is 6.54 Å². The second-order valence-corrected chi connectivity index (χ2v) is 3.32. The summed E-state index contributed by atoms with van der Waals surface area (Å²) in [6, 6.07) is 0.00484. The zero-order chi connectivity index (χ0) is 11.5. The van der Waals surface area contributed by atoms with E-state index in [0.717, 1.165) is 0 Å². The first-order valence-electron chi connectivity index (χ1n) is 4.77. The molecule has 0 aromatic carbocycles. The summed E-state index contributed by atoms with van der Waals surface area (Å²) in [5, 5.41) is 14.1. The smallest absolute Gasteiger partial charge is 0.315 e. The third-order valence-electron chi connectivity index (χ3n) is 1.80. The van der Waals surface area contributed by atoms with Crippen LogP contribution in [0, 0.1) is 6.92 Å². The molecule has 0 saturated heterocycles. The Morgan fingerprint density at radius 1 is 1.44 bits per heavy atom. The first-order chi connectivity index (χ1) is 7.65. The van der Waals surface area contributed by atoms with E-state index in [9.17, 15) is 0 Å². The van der Waals surface area contributed by atoms with Gasteiger partial charge in [0.1, 0.15) is 0 Å². The van der Waals surface area contributed by atoms with Crippen LogP contribution in [0.2, 0.25) is 0 Å². The van der Waals surface area contributed by atoms with Gasteiger partial charge in [-0.05, 0) is 6.92 Å². The summed E-state index contributed by atoms with van der Waals surface area (Å²) in [5.74, 6) is 1.42. The second-order valence-electron chi connectivity index (χ2n) is 3.32. The highest BCUT2D eigenvalue weighted by Crippen LogP contribution is 2.11. The molecule has 2 aromatic rings. The number of rotatable bonds is 4. The fourth-order valence-electron chi connectivity index (χ4n) is 1.06. The Morgan fingerprint density at radius 2 is 2.25 bits per heavy atom. The highest BCUT2D eigenvalue weighted by molar-refractivity contribution is 5.17. The van der Waals surface area contributed by atoms with Gasteiger partial charge in [0, 0.05) is 6.92 Å². The van der Waals surface area contributed by atoms with Crippen LogP contribution in [0.4, 0.5) is 6.01 Å². The normalized spacial score (nSPS) is 12.7. The molecule has 0 bridgehead atoms. The van der Waals surface area contributed by atoms with Crippen molar-refractivity contribution in [3.05, 3.63) is 17.6 Å². The van der Waals surface area contributed by atoms with Crippen molar-refractivity contribution in [3.8, 4) is 0 Å². The Labute approximate surface area is 91.2 Å². The molecule has 2 rings (SSSR count). The molecular formula is C8H12N6O2. The molecule has 0 radical (unpaired) electrons. The van der Waals surface area contributed by atoms with Crippen LogP contribution in [0.1, 0.15) is 30.6 Å². The van der Waals surface area contributed by atoms with Gasteiger partial charge >= 0.3 is 6.01 Å². The minimum atomic E-state index is -0.282. The molecule has 3 N–H and O–H groups in total. The highest BCUT2D eigenvalue weighted by atomic mass is 16.5. The van der Waals surface area contributed by atoms with Crippen LogP contribution in [0.15, 0.2) is 8.94 Å². The van der Waals surface area contributed by atoms with E-state index in [4.69, 9.17) is 14.7 Å². The molecule has 86 valence electrons. The van der Waals surface area contributed by atoms with Gasteiger partial charge in [0.05, 0.1) is 12.6 Å². The monoisotopic (exact) mass is 224 g/mol. The van der Waals surface area contributed by atoms with Gasteiger partial charge < -0.3 is 20.0 Å². The molecule has 0 aliphatic rings. The summed E-state index contributed by atoms with van der Waals surface area (Å²) in [5.41, 5.74) is 5.57. The number of aromatic nitrogens is 4. The quantitative estimate of drug-likeness (QED) is 0.766. The van der Waals surface area contributed by atoms with E-state index in [2.05, 4.69) is 25.7 Å². The fourth-order valence-corrected chi connectivity index (χ4v) is 1.06. The largest absolute Gasteiger partial charge is 0.406 e. The van der Waals surface area contributed by atoms with Crippen molar-refractivity contribution in [2.24, 2.45) is 5.73 Å². The maximum Gasteiger partial charge on any atom is 0.315 e. The first kappa shape index (κ1) is 10.6. The van der Waals surface area contributed by atoms with Crippen molar-refractivity contribution in [1.82, 2.24) is 20.3 Å². The fraction of sp³-hybridized carbons (Fsp3) is 0.500. The molecule has 0 aliphatic carbocycles. The lowest BCUT2D eigenvalue weighted by molar-refractivity contribution is 0.388. The maximum atomic E-state index is 5.57. The SMILES string of the molecule is Cc1nc(CNc2nnc(C(C)N)o2)no1. The molecule has 16 heavy (non-hydrogen) atoms. The summed E-state index contributed by atoms with van der Waals surface area (Å²) >= 11 is 0. The van der Waals surface area contributed by atoms with Crippen LogP contribution in [0.3, 0.4) is 0 Å². The third-order valence-corrected chi connectivity index (χ3v) is 1.80. The van der Waals surface area contributed by atoms with E-state index in [1.807, 2.05) is 0 Å². The van der Waals surface area contributed by atoms with E-state index in [1.165, 1.54) is 0 Å². The van der Waals surface area contributed by atoms with Crippen molar-refractivity contribution < 1.29 is 8.94 Å². The zero-order valence-corrected chi connectivity index (χ0v) is 8.97. The average Bonchev–Trinajstić information content (AvgIpc) is 2.83. The minimum absolute atomic E-state index is 0.282. The first-order valence-corrected chi connectivity index (χ1v) is 4.77. The van der Waals surface area contributed by atoms with Crippen LogP contribution >= 0.6 is 0 Å². The maximum absolute atomic E-state index is 5.57. The van der Waals surface area contributed by atoms with Gasteiger partial charge in [-0.2, -0.15) is 4.98 Å². The van der Waals surface area contributed by atoms with Crippen LogP contribution < -0.4 is 11.1 Å². The van der Waals surface area contributed by atoms with Crippen molar-refractivity contribution >= 4 is 6.01 Å². The molecule has 0 aliphatic heterocycles. The van der Waals surface area contributed by atoms with E-state index >= 15 is 0 Å². The number of nitrogens with two attached hydrogens (primary N) is 1. The standard InChI is InChI=1S/C8H12N6O2/c1-4(9)7-12-13-8(15-7)10-3-6-11-5(2)16-14-6/h4H,3,9H2,1-2H3,(H,10,13). The van der Waals surface area contributed by atoms with Crippen LogP contribution in [0.25, 0.3) is 0 Å². The Kier molecular flexibility index (Phi) is 2.82. The Balaban J connectivity index is 1.94. The van der Waals surface area contributed by atoms with Gasteiger partial charge in [-0.15, -0.1) is 5.10 Å². The van der Waals surface area contributed by atoms with Crippen molar-refractivity contribution in [3.63, 3.8) is 0 Å². The lowest BCUT2D eigenvalue weighted by atomic mass is 10.4. The Hall–Kier alpha value is -1.96. The molecule has 1 atom stereocenters. The van der Waals surface area contributed by atoms with Crippen LogP contribution in [-0.4, -0.2) is 20.3 Å². The molecule has 8 heteroatoms. The molecule has 2 aromatic heterocycles. The second kappa shape index (κ2) is 4.27. The summed E-state index contributed by atoms with van der Waals surface area (Å²) in [7, 11) is 0. The van der Waals surface area contributed by atoms with Crippen molar-refractivity contribution in [2.75, 3.05) is 5.32 Å². The van der Waals surface area contributed by atoms with Gasteiger partial charge in [0.15, 0.2) is 5.82 Å². The van der Waals surface area contributed by atoms with Crippen molar-refractivity contribution in [1.29, 1.82) is 0 Å². The summed E-state index contributed by atoms with van der Waals surface area (Å²) < 4.78 is 10.0. The molecule has 0 spiro atoms. The van der Waals surface area contributed by atoms with E-state index in [-0.39, 0.29) is 12.1 Å². The van der Waals surface area contributed by atoms with E-state index < -0.39 is 0 Å². The summed E-state index contributed by atoms with van der Waals surface area (Å²) in [4.78, 5) is 4.01. The number of hydrogen-bond acceptors (Lipinski definition) is 8. The molecule has 0 amide bonds. The summed E-state index contributed by atoms with van der Waals surface area (Å²) in [6.07, 6.45) is 0. The average molecular weight is 224 g/mol. The molecule has 0 saturated carbocycles. The lowest BCUT2D eigenvalue weighted by Crippen LogP contribution is -2.04. The van der Waals surface area contributed by atoms with Gasteiger partial charge in [-0.25, -0.2) is 0 Å². The number of anilines is 1. The Bertz CT molecular complexity index is 463. The number of nitrogens with one attached hydrogen (secondary N) is 1. The van der Waals surface area contributed by atoms with Gasteiger partial charge in [-0.1, -0.05) is 10.3 Å². The van der Waals surface area contributed by atoms with Crippen LogP contribution in [0.5, 0.6) is 0 Å². The van der Waals surface area contributed by atoms with Crippen molar-refractivity contribution in [2.45, 2.75) is 26.4 Å². The van der Waals surface area contributed by atoms with E-state index in [1.54, 1.807) is 13.8 Å². The predicted octanol–water partition coefficient (Wildman–Crippen LogP) is 0.393. The molecule has 0 fully saturated rings. The highest BCUT2D eigenvalue weighted by Gasteiger charge is 2.10. The Morgan fingerprint density at radius 3 is 2.81 bits per heavy atom. The molecular weight excluding hydrogens is 212 g/mol. The molecule has 2 heterocycles. The van der Waals surface area contributed by atoms with Gasteiger partial charge in [-0.3, -0.25) is 0 Å². The lowest BCUT2D eigenvalue weighted by Gasteiger charge is -1.96. The number of nitrogens with zero attached hydrogens (tertiary/aromatic N) is 4. The minimum Gasteiger partial charge on any atom is -0.406 e. The third kappa shape index (κ3) is 2.34. The number of hydrogen-bond donors (Lipinski definition) is 2. The molecule has 1 unspecified atom stereocenters. The molecule has 8 nitrogen and oxygen atoms in total. The topological polar surface area (TPSA) is 116 Å².